The topological polar surface area (TPSA) is 50.4 Å². The van der Waals surface area contributed by atoms with E-state index in [1.54, 1.807) is 30.3 Å². The first kappa shape index (κ1) is 16.9. The van der Waals surface area contributed by atoms with Crippen LogP contribution in [0.2, 0.25) is 10.0 Å². The summed E-state index contributed by atoms with van der Waals surface area (Å²) in [6, 6.07) is 12.0. The third-order valence-electron chi connectivity index (χ3n) is 3.82. The number of rotatable bonds is 2. The maximum atomic E-state index is 12.4. The number of halogens is 2. The minimum Gasteiger partial charge on any atom is -0.487 e. The van der Waals surface area contributed by atoms with E-state index < -0.39 is 0 Å². The van der Waals surface area contributed by atoms with Crippen molar-refractivity contribution in [3.8, 4) is 5.75 Å². The predicted molar refractivity (Wildman–Crippen MR) is 97.1 cm³/mol. The van der Waals surface area contributed by atoms with Crippen LogP contribution in [0.1, 0.15) is 31.9 Å². The Morgan fingerprint density at radius 2 is 1.92 bits per heavy atom. The van der Waals surface area contributed by atoms with Gasteiger partial charge in [-0.15, -0.1) is 0 Å². The van der Waals surface area contributed by atoms with Crippen LogP contribution >= 0.6 is 23.2 Å². The zero-order valence-electron chi connectivity index (χ0n) is 13.4. The molecule has 1 aliphatic rings. The van der Waals surface area contributed by atoms with Gasteiger partial charge >= 0.3 is 6.03 Å². The highest BCUT2D eigenvalue weighted by atomic mass is 35.5. The maximum absolute atomic E-state index is 12.4. The summed E-state index contributed by atoms with van der Waals surface area (Å²) in [7, 11) is 0. The molecule has 1 aliphatic heterocycles. The average molecular weight is 365 g/mol. The van der Waals surface area contributed by atoms with E-state index in [9.17, 15) is 4.79 Å². The normalized spacial score (nSPS) is 18.2. The monoisotopic (exact) mass is 364 g/mol. The van der Waals surface area contributed by atoms with Gasteiger partial charge in [0.2, 0.25) is 0 Å². The molecule has 2 aromatic rings. The van der Waals surface area contributed by atoms with Gasteiger partial charge in [0.1, 0.15) is 11.4 Å². The molecule has 6 heteroatoms. The molecule has 1 unspecified atom stereocenters. The first-order valence-electron chi connectivity index (χ1n) is 7.64. The number of anilines is 1. The number of hydrogen-bond acceptors (Lipinski definition) is 2. The molecule has 1 heterocycles. The Morgan fingerprint density at radius 3 is 2.67 bits per heavy atom. The number of ether oxygens (including phenoxy) is 1. The summed E-state index contributed by atoms with van der Waals surface area (Å²) >= 11 is 12.0. The van der Waals surface area contributed by atoms with Crippen molar-refractivity contribution in [2.24, 2.45) is 0 Å². The molecule has 0 radical (unpaired) electrons. The first-order valence-corrected chi connectivity index (χ1v) is 8.39. The van der Waals surface area contributed by atoms with Gasteiger partial charge in [-0.25, -0.2) is 4.79 Å². The van der Waals surface area contributed by atoms with E-state index in [1.165, 1.54) is 0 Å². The standard InChI is InChI=1S/C18H18Cl2N2O2/c1-18(2)10-15(14-9-12(20)6-7-16(14)24-18)22-17(23)21-13-5-3-4-11(19)8-13/h3-9,15H,10H2,1-2H3,(H2,21,22,23). The van der Waals surface area contributed by atoms with E-state index >= 15 is 0 Å². The van der Waals surface area contributed by atoms with E-state index in [0.717, 1.165) is 11.3 Å². The fourth-order valence-electron chi connectivity index (χ4n) is 2.85. The minimum atomic E-state index is -0.380. The van der Waals surface area contributed by atoms with Crippen LogP contribution in [-0.4, -0.2) is 11.6 Å². The molecule has 2 N–H and O–H groups in total. The van der Waals surface area contributed by atoms with Crippen LogP contribution in [0.3, 0.4) is 0 Å². The molecule has 4 nitrogen and oxygen atoms in total. The van der Waals surface area contributed by atoms with Gasteiger partial charge in [-0.3, -0.25) is 0 Å². The lowest BCUT2D eigenvalue weighted by Crippen LogP contribution is -2.42. The third kappa shape index (κ3) is 3.94. The molecule has 0 saturated carbocycles. The predicted octanol–water partition coefficient (Wildman–Crippen LogP) is 5.42. The Bertz CT molecular complexity index is 777. The summed E-state index contributed by atoms with van der Waals surface area (Å²) in [6.07, 6.45) is 0.642. The lowest BCUT2D eigenvalue weighted by atomic mass is 9.90. The van der Waals surface area contributed by atoms with Gasteiger partial charge in [0.25, 0.3) is 0 Å². The van der Waals surface area contributed by atoms with Crippen molar-refractivity contribution in [1.82, 2.24) is 5.32 Å². The molecule has 0 fully saturated rings. The largest absolute Gasteiger partial charge is 0.487 e. The number of urea groups is 1. The molecule has 1 atom stereocenters. The summed E-state index contributed by atoms with van der Waals surface area (Å²) in [4.78, 5) is 12.4. The molecule has 0 bridgehead atoms. The van der Waals surface area contributed by atoms with Gasteiger partial charge in [0.15, 0.2) is 0 Å². The number of carbonyl (C=O) groups excluding carboxylic acids is 1. The number of fused-ring (bicyclic) bond motifs is 1. The van der Waals surface area contributed by atoms with Crippen LogP contribution in [0.5, 0.6) is 5.75 Å². The van der Waals surface area contributed by atoms with Crippen molar-refractivity contribution in [2.75, 3.05) is 5.32 Å². The van der Waals surface area contributed by atoms with E-state index in [2.05, 4.69) is 10.6 Å². The van der Waals surface area contributed by atoms with Crippen LogP contribution in [0.4, 0.5) is 10.5 Å². The highest BCUT2D eigenvalue weighted by molar-refractivity contribution is 6.31. The van der Waals surface area contributed by atoms with Crippen molar-refractivity contribution >= 4 is 34.9 Å². The summed E-state index contributed by atoms with van der Waals surface area (Å²) in [5.74, 6) is 0.740. The van der Waals surface area contributed by atoms with Crippen molar-refractivity contribution in [3.05, 3.63) is 58.1 Å². The molecule has 24 heavy (non-hydrogen) atoms. The van der Waals surface area contributed by atoms with E-state index in [1.807, 2.05) is 26.0 Å². The van der Waals surface area contributed by atoms with Crippen LogP contribution in [0.15, 0.2) is 42.5 Å². The van der Waals surface area contributed by atoms with E-state index in [4.69, 9.17) is 27.9 Å². The number of nitrogens with one attached hydrogen (secondary N) is 2. The number of hydrogen-bond donors (Lipinski definition) is 2. The van der Waals surface area contributed by atoms with Crippen molar-refractivity contribution in [1.29, 1.82) is 0 Å². The Hall–Kier alpha value is -1.91. The van der Waals surface area contributed by atoms with Crippen molar-refractivity contribution in [3.63, 3.8) is 0 Å². The quantitative estimate of drug-likeness (QED) is 0.747. The van der Waals surface area contributed by atoms with Crippen LogP contribution < -0.4 is 15.4 Å². The van der Waals surface area contributed by atoms with Crippen molar-refractivity contribution < 1.29 is 9.53 Å². The molecular formula is C18H18Cl2N2O2. The fraction of sp³-hybridized carbons (Fsp3) is 0.278. The fourth-order valence-corrected chi connectivity index (χ4v) is 3.22. The molecule has 0 aliphatic carbocycles. The molecule has 126 valence electrons. The second kappa shape index (κ2) is 6.54. The van der Waals surface area contributed by atoms with Gasteiger partial charge in [-0.05, 0) is 50.2 Å². The lowest BCUT2D eigenvalue weighted by molar-refractivity contribution is 0.0683. The molecule has 0 saturated heterocycles. The van der Waals surface area contributed by atoms with Gasteiger partial charge in [-0.1, -0.05) is 29.3 Å². The minimum absolute atomic E-state index is 0.193. The van der Waals surface area contributed by atoms with E-state index in [-0.39, 0.29) is 17.7 Å². The Balaban J connectivity index is 1.79. The Kier molecular flexibility index (Phi) is 4.61. The number of amides is 2. The SMILES string of the molecule is CC1(C)CC(NC(=O)Nc2cccc(Cl)c2)c2cc(Cl)ccc2O1. The molecule has 2 aromatic carbocycles. The van der Waals surface area contributed by atoms with Crippen LogP contribution in [-0.2, 0) is 0 Å². The first-order chi connectivity index (χ1) is 11.3. The highest BCUT2D eigenvalue weighted by Crippen LogP contribution is 2.40. The maximum Gasteiger partial charge on any atom is 0.319 e. The second-order valence-electron chi connectivity index (χ2n) is 6.41. The zero-order valence-corrected chi connectivity index (χ0v) is 14.9. The second-order valence-corrected chi connectivity index (χ2v) is 7.28. The lowest BCUT2D eigenvalue weighted by Gasteiger charge is -2.38. The highest BCUT2D eigenvalue weighted by Gasteiger charge is 2.34. The molecule has 2 amide bonds. The average Bonchev–Trinajstić information content (AvgIpc) is 2.47. The zero-order chi connectivity index (χ0) is 17.3. The summed E-state index contributed by atoms with van der Waals surface area (Å²) in [5.41, 5.74) is 1.13. The van der Waals surface area contributed by atoms with E-state index in [0.29, 0.717) is 22.2 Å². The van der Waals surface area contributed by atoms with Gasteiger partial charge in [0.05, 0.1) is 6.04 Å². The number of benzene rings is 2. The molecular weight excluding hydrogens is 347 g/mol. The molecule has 0 spiro atoms. The van der Waals surface area contributed by atoms with Crippen LogP contribution in [0.25, 0.3) is 0 Å². The summed E-state index contributed by atoms with van der Waals surface area (Å²) in [6.45, 7) is 3.99. The molecule has 0 aromatic heterocycles. The number of carbonyl (C=O) groups is 1. The van der Waals surface area contributed by atoms with Gasteiger partial charge in [-0.2, -0.15) is 0 Å². The van der Waals surface area contributed by atoms with Gasteiger partial charge in [0, 0.05) is 27.7 Å². The Labute approximate surface area is 151 Å². The smallest absolute Gasteiger partial charge is 0.319 e. The van der Waals surface area contributed by atoms with Gasteiger partial charge < -0.3 is 15.4 Å². The summed E-state index contributed by atoms with van der Waals surface area (Å²) in [5, 5.41) is 6.97. The van der Waals surface area contributed by atoms with Crippen molar-refractivity contribution in [2.45, 2.75) is 31.9 Å². The summed E-state index contributed by atoms with van der Waals surface area (Å²) < 4.78 is 5.97. The Morgan fingerprint density at radius 1 is 1.17 bits per heavy atom. The third-order valence-corrected chi connectivity index (χ3v) is 4.29. The molecule has 3 rings (SSSR count). The van der Waals surface area contributed by atoms with Crippen LogP contribution in [0, 0.1) is 0 Å².